The lowest BCUT2D eigenvalue weighted by molar-refractivity contribution is 0.0576. The quantitative estimate of drug-likeness (QED) is 0.784. The second kappa shape index (κ2) is 3.94. The molecule has 1 atom stereocenters. The van der Waals surface area contributed by atoms with Gasteiger partial charge in [0.05, 0.1) is 19.0 Å². The van der Waals surface area contributed by atoms with Crippen molar-refractivity contribution in [3.63, 3.8) is 0 Å². The van der Waals surface area contributed by atoms with E-state index >= 15 is 0 Å². The van der Waals surface area contributed by atoms with Gasteiger partial charge < -0.3 is 14.6 Å². The molecule has 1 aromatic heterocycles. The fraction of sp³-hybridized carbons (Fsp3) is 0.727. The predicted octanol–water partition coefficient (Wildman–Crippen LogP) is 0.921. The van der Waals surface area contributed by atoms with E-state index in [-0.39, 0.29) is 0 Å². The van der Waals surface area contributed by atoms with Crippen LogP contribution in [-0.4, -0.2) is 35.9 Å². The fourth-order valence-corrected chi connectivity index (χ4v) is 2.38. The highest BCUT2D eigenvalue weighted by molar-refractivity contribution is 5.12. The third-order valence-electron chi connectivity index (χ3n) is 3.43. The molecule has 4 heteroatoms. The van der Waals surface area contributed by atoms with Crippen LogP contribution in [0.4, 0.5) is 0 Å². The second-order valence-corrected chi connectivity index (χ2v) is 4.45. The van der Waals surface area contributed by atoms with Crippen molar-refractivity contribution in [3.05, 3.63) is 18.2 Å². The van der Waals surface area contributed by atoms with Crippen molar-refractivity contribution in [2.24, 2.45) is 0 Å². The summed E-state index contributed by atoms with van der Waals surface area (Å²) in [5.74, 6) is 0.662. The summed E-state index contributed by atoms with van der Waals surface area (Å²) in [5.41, 5.74) is 1.38. The van der Waals surface area contributed by atoms with E-state index in [0.29, 0.717) is 12.0 Å². The van der Waals surface area contributed by atoms with Gasteiger partial charge in [-0.3, -0.25) is 0 Å². The van der Waals surface area contributed by atoms with Crippen LogP contribution in [0.25, 0.3) is 0 Å². The number of rotatable bonds is 2. The highest BCUT2D eigenvalue weighted by Gasteiger charge is 2.25. The van der Waals surface area contributed by atoms with Crippen LogP contribution in [0.3, 0.4) is 0 Å². The minimum atomic E-state index is 0.511. The number of nitrogens with one attached hydrogen (secondary N) is 1. The van der Waals surface area contributed by atoms with Crippen LogP contribution in [-0.2, 0) is 4.74 Å². The van der Waals surface area contributed by atoms with Crippen molar-refractivity contribution >= 4 is 0 Å². The zero-order valence-corrected chi connectivity index (χ0v) is 8.85. The van der Waals surface area contributed by atoms with Crippen LogP contribution < -0.4 is 5.32 Å². The third kappa shape index (κ3) is 1.68. The van der Waals surface area contributed by atoms with Crippen LogP contribution in [0.15, 0.2) is 12.5 Å². The molecule has 0 saturated carbocycles. The lowest BCUT2D eigenvalue weighted by atomic mass is 9.99. The summed E-state index contributed by atoms with van der Waals surface area (Å²) in [6.07, 6.45) is 6.38. The van der Waals surface area contributed by atoms with Crippen molar-refractivity contribution in [2.45, 2.75) is 24.8 Å². The smallest absolute Gasteiger partial charge is 0.0951 e. The van der Waals surface area contributed by atoms with Gasteiger partial charge in [0.25, 0.3) is 0 Å². The molecule has 2 aliphatic rings. The van der Waals surface area contributed by atoms with Gasteiger partial charge in [-0.05, 0) is 12.8 Å². The zero-order chi connectivity index (χ0) is 10.1. The molecule has 2 saturated heterocycles. The van der Waals surface area contributed by atoms with Gasteiger partial charge in [-0.2, -0.15) is 0 Å². The van der Waals surface area contributed by atoms with E-state index in [4.69, 9.17) is 4.74 Å². The molecule has 1 aromatic rings. The third-order valence-corrected chi connectivity index (χ3v) is 3.43. The minimum absolute atomic E-state index is 0.511. The van der Waals surface area contributed by atoms with Crippen LogP contribution in [0.2, 0.25) is 0 Å². The summed E-state index contributed by atoms with van der Waals surface area (Å²) >= 11 is 0. The van der Waals surface area contributed by atoms with Crippen molar-refractivity contribution in [2.75, 3.05) is 26.3 Å². The van der Waals surface area contributed by atoms with E-state index < -0.39 is 0 Å². The van der Waals surface area contributed by atoms with E-state index in [0.717, 1.165) is 26.3 Å². The minimum Gasteiger partial charge on any atom is -0.379 e. The fourth-order valence-electron chi connectivity index (χ4n) is 2.38. The first kappa shape index (κ1) is 9.36. The van der Waals surface area contributed by atoms with Gasteiger partial charge in [-0.1, -0.05) is 0 Å². The number of hydrogen-bond acceptors (Lipinski definition) is 3. The summed E-state index contributed by atoms with van der Waals surface area (Å²) in [6, 6.07) is 0.511. The Kier molecular flexibility index (Phi) is 2.46. The Labute approximate surface area is 89.6 Å². The van der Waals surface area contributed by atoms with Gasteiger partial charge in [0.15, 0.2) is 0 Å². The van der Waals surface area contributed by atoms with Gasteiger partial charge in [-0.15, -0.1) is 0 Å². The first-order chi connectivity index (χ1) is 7.45. The lowest BCUT2D eigenvalue weighted by Gasteiger charge is -2.31. The Bertz CT molecular complexity index is 326. The predicted molar refractivity (Wildman–Crippen MR) is 56.9 cm³/mol. The normalized spacial score (nSPS) is 27.6. The summed E-state index contributed by atoms with van der Waals surface area (Å²) in [4.78, 5) is 4.28. The molecule has 15 heavy (non-hydrogen) atoms. The SMILES string of the molecule is c1ncn(C2CCCOC2)c1C1CNC1. The Hall–Kier alpha value is -0.870. The molecule has 3 rings (SSSR count). The summed E-state index contributed by atoms with van der Waals surface area (Å²) < 4.78 is 7.85. The molecule has 82 valence electrons. The van der Waals surface area contributed by atoms with E-state index in [2.05, 4.69) is 14.9 Å². The van der Waals surface area contributed by atoms with E-state index in [1.807, 2.05) is 12.5 Å². The maximum Gasteiger partial charge on any atom is 0.0951 e. The van der Waals surface area contributed by atoms with Crippen molar-refractivity contribution in [3.8, 4) is 0 Å². The highest BCUT2D eigenvalue weighted by Crippen LogP contribution is 2.26. The standard InChI is InChI=1S/C11H17N3O/c1-2-10(7-15-3-1)14-8-13-6-11(14)9-4-12-5-9/h6,8-10,12H,1-5,7H2. The van der Waals surface area contributed by atoms with Crippen molar-refractivity contribution in [1.82, 2.24) is 14.9 Å². The molecule has 0 aromatic carbocycles. The number of imidazole rings is 1. The molecule has 1 N–H and O–H groups in total. The van der Waals surface area contributed by atoms with Crippen LogP contribution in [0.5, 0.6) is 0 Å². The number of nitrogens with zero attached hydrogens (tertiary/aromatic N) is 2. The molecule has 0 amide bonds. The molecule has 2 aliphatic heterocycles. The van der Waals surface area contributed by atoms with E-state index in [1.165, 1.54) is 18.5 Å². The molecule has 3 heterocycles. The van der Waals surface area contributed by atoms with E-state index in [1.54, 1.807) is 0 Å². The monoisotopic (exact) mass is 207 g/mol. The Balaban J connectivity index is 1.80. The Morgan fingerprint density at radius 1 is 1.47 bits per heavy atom. The van der Waals surface area contributed by atoms with Gasteiger partial charge in [0, 0.05) is 37.5 Å². The van der Waals surface area contributed by atoms with Crippen LogP contribution in [0, 0.1) is 0 Å². The molecule has 0 aliphatic carbocycles. The molecular weight excluding hydrogens is 190 g/mol. The number of ether oxygens (including phenoxy) is 1. The molecule has 2 fully saturated rings. The zero-order valence-electron chi connectivity index (χ0n) is 8.85. The molecule has 4 nitrogen and oxygen atoms in total. The van der Waals surface area contributed by atoms with Crippen LogP contribution >= 0.6 is 0 Å². The molecule has 0 radical (unpaired) electrons. The lowest BCUT2D eigenvalue weighted by Crippen LogP contribution is -2.41. The summed E-state index contributed by atoms with van der Waals surface area (Å²) in [5, 5.41) is 3.31. The largest absolute Gasteiger partial charge is 0.379 e. The first-order valence-corrected chi connectivity index (χ1v) is 5.75. The maximum absolute atomic E-state index is 5.53. The first-order valence-electron chi connectivity index (χ1n) is 5.75. The van der Waals surface area contributed by atoms with Crippen LogP contribution in [0.1, 0.15) is 30.5 Å². The van der Waals surface area contributed by atoms with Gasteiger partial charge >= 0.3 is 0 Å². The molecule has 0 spiro atoms. The second-order valence-electron chi connectivity index (χ2n) is 4.45. The summed E-state index contributed by atoms with van der Waals surface area (Å²) in [6.45, 7) is 3.97. The maximum atomic E-state index is 5.53. The topological polar surface area (TPSA) is 39.1 Å². The number of hydrogen-bond donors (Lipinski definition) is 1. The molecule has 1 unspecified atom stereocenters. The Morgan fingerprint density at radius 3 is 3.07 bits per heavy atom. The average Bonchev–Trinajstić information content (AvgIpc) is 2.65. The van der Waals surface area contributed by atoms with E-state index in [9.17, 15) is 0 Å². The van der Waals surface area contributed by atoms with Crippen molar-refractivity contribution in [1.29, 1.82) is 0 Å². The van der Waals surface area contributed by atoms with Gasteiger partial charge in [0.2, 0.25) is 0 Å². The molecule has 0 bridgehead atoms. The molecular formula is C11H17N3O. The summed E-state index contributed by atoms with van der Waals surface area (Å²) in [7, 11) is 0. The highest BCUT2D eigenvalue weighted by atomic mass is 16.5. The van der Waals surface area contributed by atoms with Gasteiger partial charge in [0.1, 0.15) is 0 Å². The number of aromatic nitrogens is 2. The van der Waals surface area contributed by atoms with Crippen molar-refractivity contribution < 1.29 is 4.74 Å². The Morgan fingerprint density at radius 2 is 2.40 bits per heavy atom. The van der Waals surface area contributed by atoms with Gasteiger partial charge in [-0.25, -0.2) is 4.98 Å². The average molecular weight is 207 g/mol.